The van der Waals surface area contributed by atoms with Crippen LogP contribution in [-0.4, -0.2) is 4.98 Å². The summed E-state index contributed by atoms with van der Waals surface area (Å²) in [7, 11) is 0. The summed E-state index contributed by atoms with van der Waals surface area (Å²) in [6.07, 6.45) is -3.19. The molecule has 0 bridgehead atoms. The van der Waals surface area contributed by atoms with Crippen LogP contribution in [0.5, 0.6) is 0 Å². The Labute approximate surface area is 121 Å². The van der Waals surface area contributed by atoms with Crippen molar-refractivity contribution in [2.45, 2.75) is 19.6 Å². The summed E-state index contributed by atoms with van der Waals surface area (Å²) in [5, 5.41) is 2.80. The summed E-state index contributed by atoms with van der Waals surface area (Å²) in [4.78, 5) is 4.59. The molecule has 2 aromatic rings. The highest BCUT2D eigenvalue weighted by molar-refractivity contribution is 7.15. The van der Waals surface area contributed by atoms with E-state index in [1.165, 1.54) is 30.5 Å². The molecule has 20 heavy (non-hydrogen) atoms. The Morgan fingerprint density at radius 1 is 1.35 bits per heavy atom. The van der Waals surface area contributed by atoms with Gasteiger partial charge in [-0.05, 0) is 24.6 Å². The fourth-order valence-corrected chi connectivity index (χ4v) is 2.55. The highest BCUT2D eigenvalue weighted by atomic mass is 35.5. The number of rotatable bonds is 3. The molecule has 0 radical (unpaired) electrons. The summed E-state index contributed by atoms with van der Waals surface area (Å²) >= 11 is 6.87. The standard InChI is InChI=1S/C12H9ClF4N2S/c1-6-2-7(3-9(10(6)14)12(15,16)17)18-4-8-5-19-11(13)20-8/h2-3,5,18H,4H2,1H3. The van der Waals surface area contributed by atoms with Gasteiger partial charge in [0.1, 0.15) is 5.82 Å². The number of halogens is 5. The molecular formula is C12H9ClF4N2S. The van der Waals surface area contributed by atoms with Crippen molar-refractivity contribution in [2.75, 3.05) is 5.32 Å². The minimum Gasteiger partial charge on any atom is -0.380 e. The summed E-state index contributed by atoms with van der Waals surface area (Å²) in [6.45, 7) is 1.56. The molecule has 0 atom stereocenters. The fraction of sp³-hybridized carbons (Fsp3) is 0.250. The van der Waals surface area contributed by atoms with Crippen molar-refractivity contribution < 1.29 is 17.6 Å². The van der Waals surface area contributed by atoms with Gasteiger partial charge in [-0.3, -0.25) is 0 Å². The van der Waals surface area contributed by atoms with Crippen LogP contribution in [0.3, 0.4) is 0 Å². The summed E-state index contributed by atoms with van der Waals surface area (Å²) < 4.78 is 51.9. The van der Waals surface area contributed by atoms with Crippen molar-refractivity contribution in [1.29, 1.82) is 0 Å². The van der Waals surface area contributed by atoms with Gasteiger partial charge >= 0.3 is 6.18 Å². The highest BCUT2D eigenvalue weighted by Crippen LogP contribution is 2.34. The molecule has 1 heterocycles. The van der Waals surface area contributed by atoms with E-state index in [-0.39, 0.29) is 17.8 Å². The van der Waals surface area contributed by atoms with E-state index in [1.54, 1.807) is 0 Å². The molecule has 1 N–H and O–H groups in total. The molecule has 1 aromatic carbocycles. The van der Waals surface area contributed by atoms with Gasteiger partial charge in [-0.1, -0.05) is 11.6 Å². The lowest BCUT2D eigenvalue weighted by molar-refractivity contribution is -0.140. The lowest BCUT2D eigenvalue weighted by Gasteiger charge is -2.13. The second-order valence-corrected chi connectivity index (χ2v) is 5.78. The number of hydrogen-bond acceptors (Lipinski definition) is 3. The third kappa shape index (κ3) is 3.40. The zero-order valence-corrected chi connectivity index (χ0v) is 11.8. The number of anilines is 1. The van der Waals surface area contributed by atoms with Crippen molar-refractivity contribution in [3.63, 3.8) is 0 Å². The number of benzene rings is 1. The first-order valence-corrected chi connectivity index (χ1v) is 6.68. The maximum atomic E-state index is 13.5. The van der Waals surface area contributed by atoms with Gasteiger partial charge in [-0.2, -0.15) is 13.2 Å². The van der Waals surface area contributed by atoms with E-state index >= 15 is 0 Å². The van der Waals surface area contributed by atoms with E-state index < -0.39 is 17.6 Å². The zero-order valence-electron chi connectivity index (χ0n) is 10.2. The topological polar surface area (TPSA) is 24.9 Å². The Kier molecular flexibility index (Phi) is 4.19. The minimum atomic E-state index is -4.72. The van der Waals surface area contributed by atoms with Crippen molar-refractivity contribution in [2.24, 2.45) is 0 Å². The number of aromatic nitrogens is 1. The smallest absolute Gasteiger partial charge is 0.380 e. The largest absolute Gasteiger partial charge is 0.419 e. The second-order valence-electron chi connectivity index (χ2n) is 4.09. The Morgan fingerprint density at radius 2 is 2.05 bits per heavy atom. The summed E-state index contributed by atoms with van der Waals surface area (Å²) in [6, 6.07) is 2.08. The number of thiazole rings is 1. The lowest BCUT2D eigenvalue weighted by atomic mass is 10.1. The van der Waals surface area contributed by atoms with Gasteiger partial charge in [0.15, 0.2) is 4.47 Å². The monoisotopic (exact) mass is 324 g/mol. The van der Waals surface area contributed by atoms with E-state index in [4.69, 9.17) is 11.6 Å². The van der Waals surface area contributed by atoms with Crippen molar-refractivity contribution >= 4 is 28.6 Å². The molecule has 0 fully saturated rings. The van der Waals surface area contributed by atoms with Gasteiger partial charge in [0.05, 0.1) is 12.1 Å². The lowest BCUT2D eigenvalue weighted by Crippen LogP contribution is -2.10. The van der Waals surface area contributed by atoms with Crippen LogP contribution in [0.4, 0.5) is 23.2 Å². The van der Waals surface area contributed by atoms with E-state index in [0.717, 1.165) is 10.9 Å². The van der Waals surface area contributed by atoms with Gasteiger partial charge in [0.25, 0.3) is 0 Å². The average Bonchev–Trinajstić information content (AvgIpc) is 2.75. The predicted octanol–water partition coefficient (Wildman–Crippen LogP) is 4.87. The second kappa shape index (κ2) is 5.57. The van der Waals surface area contributed by atoms with Crippen LogP contribution in [0.1, 0.15) is 16.0 Å². The van der Waals surface area contributed by atoms with Crippen molar-refractivity contribution in [3.8, 4) is 0 Å². The molecule has 0 amide bonds. The minimum absolute atomic E-state index is 0.0651. The molecule has 0 saturated carbocycles. The van der Waals surface area contributed by atoms with Crippen LogP contribution in [0.2, 0.25) is 4.47 Å². The first-order chi connectivity index (χ1) is 9.27. The molecule has 1 aromatic heterocycles. The zero-order chi connectivity index (χ0) is 14.9. The first-order valence-electron chi connectivity index (χ1n) is 5.49. The van der Waals surface area contributed by atoms with E-state index in [9.17, 15) is 17.6 Å². The Hall–Kier alpha value is -1.34. The van der Waals surface area contributed by atoms with Gasteiger partial charge in [0, 0.05) is 16.8 Å². The number of hydrogen-bond donors (Lipinski definition) is 1. The molecule has 2 nitrogen and oxygen atoms in total. The number of nitrogens with zero attached hydrogens (tertiary/aromatic N) is 1. The molecule has 0 spiro atoms. The number of aryl methyl sites for hydroxylation is 1. The quantitative estimate of drug-likeness (QED) is 0.814. The van der Waals surface area contributed by atoms with Crippen molar-refractivity contribution in [3.05, 3.63) is 44.6 Å². The average molecular weight is 325 g/mol. The molecular weight excluding hydrogens is 316 g/mol. The van der Waals surface area contributed by atoms with Gasteiger partial charge in [-0.15, -0.1) is 11.3 Å². The van der Waals surface area contributed by atoms with Crippen LogP contribution in [0.15, 0.2) is 18.3 Å². The molecule has 0 aliphatic heterocycles. The Balaban J connectivity index is 2.22. The fourth-order valence-electron chi connectivity index (χ4n) is 1.63. The maximum Gasteiger partial charge on any atom is 0.419 e. The van der Waals surface area contributed by atoms with Gasteiger partial charge in [-0.25, -0.2) is 9.37 Å². The normalized spacial score (nSPS) is 11.7. The van der Waals surface area contributed by atoms with Crippen LogP contribution in [0, 0.1) is 12.7 Å². The third-order valence-electron chi connectivity index (χ3n) is 2.55. The number of nitrogens with one attached hydrogen (secondary N) is 1. The van der Waals surface area contributed by atoms with Crippen LogP contribution >= 0.6 is 22.9 Å². The number of alkyl halides is 3. The van der Waals surface area contributed by atoms with E-state index in [1.807, 2.05) is 0 Å². The molecule has 2 rings (SSSR count). The SMILES string of the molecule is Cc1cc(NCc2cnc(Cl)s2)cc(C(F)(F)F)c1F. The van der Waals surface area contributed by atoms with Crippen LogP contribution in [0.25, 0.3) is 0 Å². The van der Waals surface area contributed by atoms with E-state index in [2.05, 4.69) is 10.3 Å². The van der Waals surface area contributed by atoms with Crippen LogP contribution < -0.4 is 5.32 Å². The molecule has 0 unspecified atom stereocenters. The molecule has 0 aliphatic carbocycles. The first kappa shape index (κ1) is 15.1. The van der Waals surface area contributed by atoms with Crippen molar-refractivity contribution in [1.82, 2.24) is 4.98 Å². The molecule has 108 valence electrons. The maximum absolute atomic E-state index is 13.5. The highest BCUT2D eigenvalue weighted by Gasteiger charge is 2.35. The van der Waals surface area contributed by atoms with Crippen LogP contribution in [-0.2, 0) is 12.7 Å². The molecule has 0 saturated heterocycles. The van der Waals surface area contributed by atoms with Gasteiger partial charge < -0.3 is 5.32 Å². The third-order valence-corrected chi connectivity index (χ3v) is 3.67. The Morgan fingerprint density at radius 3 is 2.60 bits per heavy atom. The summed E-state index contributed by atoms with van der Waals surface area (Å²) in [5.41, 5.74) is -1.15. The molecule has 8 heteroatoms. The summed E-state index contributed by atoms with van der Waals surface area (Å²) in [5.74, 6) is -1.25. The van der Waals surface area contributed by atoms with Gasteiger partial charge in [0.2, 0.25) is 0 Å². The molecule has 0 aliphatic rings. The Bertz CT molecular complexity index is 624. The predicted molar refractivity (Wildman–Crippen MR) is 70.6 cm³/mol. The van der Waals surface area contributed by atoms with E-state index in [0.29, 0.717) is 4.47 Å².